The molecule has 0 spiro atoms. The second-order valence-electron chi connectivity index (χ2n) is 9.41. The van der Waals surface area contributed by atoms with Gasteiger partial charge in [-0.3, -0.25) is 13.9 Å². The first-order valence-electron chi connectivity index (χ1n) is 13.0. The number of aryl methyl sites for hydroxylation is 1. The van der Waals surface area contributed by atoms with Crippen molar-refractivity contribution in [3.8, 4) is 0 Å². The van der Waals surface area contributed by atoms with Crippen molar-refractivity contribution < 1.29 is 31.2 Å². The molecule has 0 aliphatic rings. The van der Waals surface area contributed by atoms with Crippen molar-refractivity contribution in [3.05, 3.63) is 93.5 Å². The second-order valence-corrected chi connectivity index (χ2v) is 12.1. The van der Waals surface area contributed by atoms with Gasteiger partial charge in [-0.2, -0.15) is 13.2 Å². The van der Waals surface area contributed by atoms with Crippen LogP contribution in [0.4, 0.5) is 18.9 Å². The van der Waals surface area contributed by atoms with E-state index in [4.69, 9.17) is 23.2 Å². The van der Waals surface area contributed by atoms with Crippen LogP contribution in [0, 0.1) is 6.92 Å². The van der Waals surface area contributed by atoms with Crippen LogP contribution in [0.2, 0.25) is 10.0 Å². The molecule has 0 heterocycles. The van der Waals surface area contributed by atoms with Crippen LogP contribution in [0.15, 0.2) is 71.6 Å². The van der Waals surface area contributed by atoms with Crippen molar-refractivity contribution in [2.45, 2.75) is 50.9 Å². The molecule has 2 amide bonds. The highest BCUT2D eigenvalue weighted by Gasteiger charge is 2.36. The predicted octanol–water partition coefficient (Wildman–Crippen LogP) is 6.46. The van der Waals surface area contributed by atoms with Crippen LogP contribution in [0.25, 0.3) is 0 Å². The SMILES string of the molecule is CCNC(=O)[C@H](CC)N(Cc1c(Cl)cccc1Cl)C(=O)CN(c1cccc(C(F)(F)F)c1)S(=O)(=O)c1ccc(C)cc1. The van der Waals surface area contributed by atoms with E-state index >= 15 is 0 Å². The van der Waals surface area contributed by atoms with Gasteiger partial charge >= 0.3 is 6.18 Å². The lowest BCUT2D eigenvalue weighted by Gasteiger charge is -2.33. The highest BCUT2D eigenvalue weighted by molar-refractivity contribution is 7.92. The van der Waals surface area contributed by atoms with Gasteiger partial charge in [-0.05, 0) is 62.7 Å². The van der Waals surface area contributed by atoms with Gasteiger partial charge in [-0.25, -0.2) is 8.42 Å². The molecule has 1 N–H and O–H groups in total. The molecule has 0 unspecified atom stereocenters. The Hall–Kier alpha value is -3.28. The number of halogens is 5. The molecular weight excluding hydrogens is 614 g/mol. The number of hydrogen-bond donors (Lipinski definition) is 1. The van der Waals surface area contributed by atoms with E-state index in [1.807, 2.05) is 0 Å². The fraction of sp³-hybridized carbons (Fsp3) is 0.310. The molecule has 0 aromatic heterocycles. The number of benzene rings is 3. The van der Waals surface area contributed by atoms with E-state index in [1.165, 1.54) is 30.3 Å². The van der Waals surface area contributed by atoms with Crippen LogP contribution in [0.1, 0.15) is 37.0 Å². The summed E-state index contributed by atoms with van der Waals surface area (Å²) in [4.78, 5) is 27.9. The smallest absolute Gasteiger partial charge is 0.355 e. The zero-order valence-electron chi connectivity index (χ0n) is 23.1. The molecule has 0 bridgehead atoms. The van der Waals surface area contributed by atoms with E-state index in [2.05, 4.69) is 5.32 Å². The van der Waals surface area contributed by atoms with Crippen molar-refractivity contribution in [2.24, 2.45) is 0 Å². The van der Waals surface area contributed by atoms with Crippen molar-refractivity contribution in [1.29, 1.82) is 0 Å². The van der Waals surface area contributed by atoms with E-state index < -0.39 is 46.2 Å². The molecule has 3 aromatic carbocycles. The number of nitrogens with one attached hydrogen (secondary N) is 1. The lowest BCUT2D eigenvalue weighted by molar-refractivity contribution is -0.140. The quantitative estimate of drug-likeness (QED) is 0.260. The minimum atomic E-state index is -4.77. The minimum Gasteiger partial charge on any atom is -0.355 e. The first-order valence-corrected chi connectivity index (χ1v) is 15.2. The number of carbonyl (C=O) groups is 2. The van der Waals surface area contributed by atoms with Gasteiger partial charge in [-0.15, -0.1) is 0 Å². The molecule has 0 aliphatic carbocycles. The maximum atomic E-state index is 14.0. The van der Waals surface area contributed by atoms with Gasteiger partial charge in [0.15, 0.2) is 0 Å². The standard InChI is InChI=1S/C29H30Cl2F3N3O4S/c1-4-26(28(39)35-5-2)36(17-23-24(30)10-7-11-25(23)31)27(38)18-37(21-9-6-8-20(16-21)29(32,33)34)42(40,41)22-14-12-19(3)13-15-22/h6-16,26H,4-5,17-18H2,1-3H3,(H,35,39)/t26-/m0/s1. The number of nitrogens with zero attached hydrogens (tertiary/aromatic N) is 2. The molecule has 0 saturated heterocycles. The van der Waals surface area contributed by atoms with E-state index in [0.717, 1.165) is 22.6 Å². The van der Waals surface area contributed by atoms with Gasteiger partial charge in [-0.1, -0.05) is 60.0 Å². The molecule has 226 valence electrons. The molecule has 3 rings (SSSR count). The fourth-order valence-corrected chi connectivity index (χ4v) is 6.19. The summed E-state index contributed by atoms with van der Waals surface area (Å²) in [6.07, 6.45) is -4.62. The molecule has 13 heteroatoms. The van der Waals surface area contributed by atoms with Crippen molar-refractivity contribution >= 4 is 50.7 Å². The number of sulfonamides is 1. The highest BCUT2D eigenvalue weighted by Crippen LogP contribution is 2.34. The molecular formula is C29H30Cl2F3N3O4S. The summed E-state index contributed by atoms with van der Waals surface area (Å²) < 4.78 is 69.1. The van der Waals surface area contributed by atoms with Crippen LogP contribution in [0.5, 0.6) is 0 Å². The second kappa shape index (κ2) is 13.8. The Morgan fingerprint density at radius 1 is 0.952 bits per heavy atom. The Morgan fingerprint density at radius 3 is 2.10 bits per heavy atom. The van der Waals surface area contributed by atoms with Gasteiger partial charge in [0, 0.05) is 28.7 Å². The lowest BCUT2D eigenvalue weighted by atomic mass is 10.1. The lowest BCUT2D eigenvalue weighted by Crippen LogP contribution is -2.52. The van der Waals surface area contributed by atoms with Gasteiger partial charge < -0.3 is 10.2 Å². The predicted molar refractivity (Wildman–Crippen MR) is 157 cm³/mol. The Morgan fingerprint density at radius 2 is 1.55 bits per heavy atom. The van der Waals surface area contributed by atoms with Crippen LogP contribution in [0.3, 0.4) is 0 Å². The third kappa shape index (κ3) is 7.76. The molecule has 0 aliphatic heterocycles. The number of rotatable bonds is 11. The third-order valence-electron chi connectivity index (χ3n) is 6.48. The van der Waals surface area contributed by atoms with E-state index in [1.54, 1.807) is 39.0 Å². The maximum absolute atomic E-state index is 14.0. The fourth-order valence-electron chi connectivity index (χ4n) is 4.27. The Kier molecular flexibility index (Phi) is 10.9. The zero-order chi connectivity index (χ0) is 31.2. The Labute approximate surface area is 253 Å². The average molecular weight is 645 g/mol. The van der Waals surface area contributed by atoms with Crippen molar-refractivity contribution in [1.82, 2.24) is 10.2 Å². The molecule has 1 atom stereocenters. The van der Waals surface area contributed by atoms with Crippen LogP contribution >= 0.6 is 23.2 Å². The number of amides is 2. The first kappa shape index (κ1) is 33.2. The summed E-state index contributed by atoms with van der Waals surface area (Å²) in [6.45, 7) is 4.22. The van der Waals surface area contributed by atoms with Gasteiger partial charge in [0.2, 0.25) is 11.8 Å². The number of likely N-dealkylation sites (N-methyl/N-ethyl adjacent to an activating group) is 1. The van der Waals surface area contributed by atoms with Gasteiger partial charge in [0.05, 0.1) is 16.1 Å². The number of carbonyl (C=O) groups excluding carboxylic acids is 2. The molecule has 0 fully saturated rings. The minimum absolute atomic E-state index is 0.147. The largest absolute Gasteiger partial charge is 0.416 e. The summed E-state index contributed by atoms with van der Waals surface area (Å²) in [5.41, 5.74) is -0.388. The Balaban J connectivity index is 2.16. The Bertz CT molecular complexity index is 1510. The summed E-state index contributed by atoms with van der Waals surface area (Å²) >= 11 is 12.7. The number of anilines is 1. The highest BCUT2D eigenvalue weighted by atomic mass is 35.5. The van der Waals surface area contributed by atoms with Gasteiger partial charge in [0.1, 0.15) is 12.6 Å². The molecule has 3 aromatic rings. The molecule has 42 heavy (non-hydrogen) atoms. The van der Waals surface area contributed by atoms with Crippen molar-refractivity contribution in [3.63, 3.8) is 0 Å². The molecule has 0 saturated carbocycles. The van der Waals surface area contributed by atoms with E-state index in [-0.39, 0.29) is 40.1 Å². The van der Waals surface area contributed by atoms with E-state index in [0.29, 0.717) is 15.9 Å². The first-order chi connectivity index (χ1) is 19.7. The summed E-state index contributed by atoms with van der Waals surface area (Å²) in [6, 6.07) is 13.0. The number of hydrogen-bond acceptors (Lipinski definition) is 4. The van der Waals surface area contributed by atoms with E-state index in [9.17, 15) is 31.2 Å². The monoisotopic (exact) mass is 643 g/mol. The number of alkyl halides is 3. The molecule has 0 radical (unpaired) electrons. The van der Waals surface area contributed by atoms with Crippen LogP contribution in [-0.4, -0.2) is 44.3 Å². The van der Waals surface area contributed by atoms with Crippen LogP contribution in [-0.2, 0) is 32.3 Å². The van der Waals surface area contributed by atoms with Gasteiger partial charge in [0.25, 0.3) is 10.0 Å². The van der Waals surface area contributed by atoms with Crippen molar-refractivity contribution in [2.75, 3.05) is 17.4 Å². The normalized spacial score (nSPS) is 12.5. The zero-order valence-corrected chi connectivity index (χ0v) is 25.4. The maximum Gasteiger partial charge on any atom is 0.416 e. The summed E-state index contributed by atoms with van der Waals surface area (Å²) in [7, 11) is -4.55. The van der Waals surface area contributed by atoms with Crippen LogP contribution < -0.4 is 9.62 Å². The molecule has 7 nitrogen and oxygen atoms in total. The average Bonchev–Trinajstić information content (AvgIpc) is 2.93. The third-order valence-corrected chi connectivity index (χ3v) is 8.97. The topological polar surface area (TPSA) is 86.8 Å². The summed E-state index contributed by atoms with van der Waals surface area (Å²) in [5.74, 6) is -1.35. The summed E-state index contributed by atoms with van der Waals surface area (Å²) in [5, 5.41) is 3.09.